The molecule has 1 aliphatic heterocycles. The third-order valence-electron chi connectivity index (χ3n) is 5.35. The molecule has 4 rings (SSSR count). The Bertz CT molecular complexity index is 1230. The minimum Gasteiger partial charge on any atom is -0.318 e. The Balaban J connectivity index is 1.78. The number of carbonyl (C=O) groups is 3. The monoisotopic (exact) mass is 413 g/mol. The van der Waals surface area contributed by atoms with Gasteiger partial charge in [0.2, 0.25) is 0 Å². The van der Waals surface area contributed by atoms with Gasteiger partial charge in [0.05, 0.1) is 5.69 Å². The van der Waals surface area contributed by atoms with E-state index in [1.807, 2.05) is 70.2 Å². The minimum absolute atomic E-state index is 0.0768. The molecule has 31 heavy (non-hydrogen) atoms. The first-order chi connectivity index (χ1) is 14.8. The normalized spacial score (nSPS) is 15.5. The number of aryl methyl sites for hydroxylation is 3. The first kappa shape index (κ1) is 20.3. The molecule has 1 N–H and O–H groups in total. The highest BCUT2D eigenvalue weighted by Crippen LogP contribution is 2.27. The van der Waals surface area contributed by atoms with Crippen LogP contribution in [0.25, 0.3) is 11.8 Å². The number of benzene rings is 2. The molecular weight excluding hydrogens is 390 g/mol. The fourth-order valence-corrected chi connectivity index (χ4v) is 4.04. The van der Waals surface area contributed by atoms with Gasteiger partial charge in [-0.1, -0.05) is 24.3 Å². The second-order valence-electron chi connectivity index (χ2n) is 7.80. The van der Waals surface area contributed by atoms with Crippen molar-refractivity contribution in [3.05, 3.63) is 88.2 Å². The lowest BCUT2D eigenvalue weighted by molar-refractivity contribution is -0.122. The van der Waals surface area contributed by atoms with Gasteiger partial charge in [-0.25, -0.2) is 9.69 Å². The summed E-state index contributed by atoms with van der Waals surface area (Å²) in [6.07, 6.45) is 1.56. The maximum Gasteiger partial charge on any atom is 0.335 e. The van der Waals surface area contributed by atoms with Gasteiger partial charge in [-0.3, -0.25) is 14.9 Å². The summed E-state index contributed by atoms with van der Waals surface area (Å²) in [5.41, 5.74) is 5.81. The second-order valence-corrected chi connectivity index (χ2v) is 7.80. The lowest BCUT2D eigenvalue weighted by atomic mass is 10.1. The number of anilines is 1. The van der Waals surface area contributed by atoms with E-state index in [9.17, 15) is 14.4 Å². The summed E-state index contributed by atoms with van der Waals surface area (Å²) in [5, 5.41) is 2.29. The number of aromatic nitrogens is 1. The van der Waals surface area contributed by atoms with Crippen molar-refractivity contribution >= 4 is 29.6 Å². The first-order valence-electron chi connectivity index (χ1n) is 10.0. The van der Waals surface area contributed by atoms with Gasteiger partial charge in [0.25, 0.3) is 11.8 Å². The van der Waals surface area contributed by atoms with Crippen molar-refractivity contribution in [3.8, 4) is 5.69 Å². The molecular formula is C25H23N3O3. The van der Waals surface area contributed by atoms with Gasteiger partial charge in [0, 0.05) is 17.1 Å². The summed E-state index contributed by atoms with van der Waals surface area (Å²) in [5.74, 6) is -1.33. The van der Waals surface area contributed by atoms with Gasteiger partial charge in [-0.2, -0.15) is 0 Å². The molecule has 0 aliphatic carbocycles. The Morgan fingerprint density at radius 3 is 2.10 bits per heavy atom. The lowest BCUT2D eigenvalue weighted by Crippen LogP contribution is -2.54. The zero-order chi connectivity index (χ0) is 22.3. The van der Waals surface area contributed by atoms with E-state index in [-0.39, 0.29) is 5.57 Å². The predicted octanol–water partition coefficient (Wildman–Crippen LogP) is 4.38. The van der Waals surface area contributed by atoms with Crippen LogP contribution in [0.2, 0.25) is 0 Å². The molecule has 6 nitrogen and oxygen atoms in total. The smallest absolute Gasteiger partial charge is 0.318 e. The summed E-state index contributed by atoms with van der Waals surface area (Å²) in [7, 11) is 0. The third-order valence-corrected chi connectivity index (χ3v) is 5.35. The molecule has 1 aromatic heterocycles. The average molecular weight is 413 g/mol. The fourth-order valence-electron chi connectivity index (χ4n) is 4.04. The summed E-state index contributed by atoms with van der Waals surface area (Å²) < 4.78 is 2.06. The van der Waals surface area contributed by atoms with Crippen LogP contribution in [0.3, 0.4) is 0 Å². The largest absolute Gasteiger partial charge is 0.335 e. The predicted molar refractivity (Wildman–Crippen MR) is 120 cm³/mol. The molecule has 2 aromatic carbocycles. The molecule has 0 saturated carbocycles. The van der Waals surface area contributed by atoms with Crippen LogP contribution in [-0.4, -0.2) is 22.4 Å². The molecule has 0 unspecified atom stereocenters. The fraction of sp³-hybridized carbons (Fsp3) is 0.160. The lowest BCUT2D eigenvalue weighted by Gasteiger charge is -2.27. The summed E-state index contributed by atoms with van der Waals surface area (Å²) in [4.78, 5) is 39.3. The number of imide groups is 2. The molecule has 156 valence electrons. The number of urea groups is 1. The molecule has 1 fully saturated rings. The van der Waals surface area contributed by atoms with E-state index in [1.165, 1.54) is 0 Å². The number of carbonyl (C=O) groups excluding carboxylic acids is 3. The Morgan fingerprint density at radius 1 is 0.806 bits per heavy atom. The maximum atomic E-state index is 13.2. The zero-order valence-corrected chi connectivity index (χ0v) is 17.9. The van der Waals surface area contributed by atoms with E-state index in [0.29, 0.717) is 5.69 Å². The molecule has 0 radical (unpaired) electrons. The van der Waals surface area contributed by atoms with Gasteiger partial charge < -0.3 is 4.57 Å². The first-order valence-corrected chi connectivity index (χ1v) is 10.0. The van der Waals surface area contributed by atoms with Crippen molar-refractivity contribution in [2.45, 2.75) is 27.7 Å². The van der Waals surface area contributed by atoms with Crippen molar-refractivity contribution in [1.29, 1.82) is 0 Å². The van der Waals surface area contributed by atoms with Crippen LogP contribution < -0.4 is 10.2 Å². The van der Waals surface area contributed by atoms with Crippen LogP contribution in [0, 0.1) is 27.7 Å². The van der Waals surface area contributed by atoms with Gasteiger partial charge in [-0.15, -0.1) is 0 Å². The van der Waals surface area contributed by atoms with Crippen molar-refractivity contribution in [2.75, 3.05) is 4.90 Å². The number of nitrogens with zero attached hydrogens (tertiary/aromatic N) is 2. The van der Waals surface area contributed by atoms with Crippen molar-refractivity contribution in [1.82, 2.24) is 9.88 Å². The van der Waals surface area contributed by atoms with Crippen LogP contribution in [-0.2, 0) is 9.59 Å². The molecule has 0 atom stereocenters. The average Bonchev–Trinajstić information content (AvgIpc) is 2.98. The standard InChI is InChI=1S/C25H23N3O3/c1-15-10-16(2)12-21(11-15)28-24(30)22(23(29)26-25(28)31)14-19-13-17(3)27(18(19)4)20-8-6-5-7-9-20/h5-14H,1-4H3,(H,26,29,31). The molecule has 3 aromatic rings. The number of rotatable bonds is 3. The van der Waals surface area contributed by atoms with Crippen molar-refractivity contribution in [3.63, 3.8) is 0 Å². The van der Waals surface area contributed by atoms with E-state index in [1.54, 1.807) is 18.2 Å². The SMILES string of the molecule is Cc1cc(C)cc(N2C(=O)NC(=O)C(=Cc3cc(C)n(-c4ccccc4)c3C)C2=O)c1. The topological polar surface area (TPSA) is 71.4 Å². The van der Waals surface area contributed by atoms with Crippen LogP contribution in [0.5, 0.6) is 0 Å². The highest BCUT2D eigenvalue weighted by molar-refractivity contribution is 6.39. The van der Waals surface area contributed by atoms with E-state index in [2.05, 4.69) is 9.88 Å². The van der Waals surface area contributed by atoms with E-state index >= 15 is 0 Å². The van der Waals surface area contributed by atoms with Crippen LogP contribution in [0.1, 0.15) is 28.1 Å². The summed E-state index contributed by atoms with van der Waals surface area (Å²) in [6, 6.07) is 16.5. The van der Waals surface area contributed by atoms with Crippen molar-refractivity contribution < 1.29 is 14.4 Å². The Morgan fingerprint density at radius 2 is 1.45 bits per heavy atom. The van der Waals surface area contributed by atoms with E-state index in [0.717, 1.165) is 38.7 Å². The van der Waals surface area contributed by atoms with Gasteiger partial charge in [0.1, 0.15) is 5.57 Å². The molecule has 6 heteroatoms. The van der Waals surface area contributed by atoms with Crippen LogP contribution in [0.15, 0.2) is 60.2 Å². The van der Waals surface area contributed by atoms with Gasteiger partial charge in [-0.05, 0) is 80.8 Å². The van der Waals surface area contributed by atoms with E-state index in [4.69, 9.17) is 0 Å². The number of amides is 4. The van der Waals surface area contributed by atoms with Crippen LogP contribution in [0.4, 0.5) is 10.5 Å². The zero-order valence-electron chi connectivity index (χ0n) is 17.9. The number of nitrogens with one attached hydrogen (secondary N) is 1. The van der Waals surface area contributed by atoms with Crippen molar-refractivity contribution in [2.24, 2.45) is 0 Å². The number of hydrogen-bond acceptors (Lipinski definition) is 3. The molecule has 0 spiro atoms. The molecule has 1 aliphatic rings. The van der Waals surface area contributed by atoms with Gasteiger partial charge >= 0.3 is 6.03 Å². The molecule has 1 saturated heterocycles. The Labute approximate surface area is 180 Å². The minimum atomic E-state index is -0.744. The number of para-hydroxylation sites is 1. The highest BCUT2D eigenvalue weighted by Gasteiger charge is 2.37. The van der Waals surface area contributed by atoms with Gasteiger partial charge in [0.15, 0.2) is 0 Å². The molecule has 4 amide bonds. The molecule has 2 heterocycles. The van der Waals surface area contributed by atoms with E-state index < -0.39 is 17.8 Å². The molecule has 0 bridgehead atoms. The van der Waals surface area contributed by atoms with Crippen LogP contribution >= 0.6 is 0 Å². The summed E-state index contributed by atoms with van der Waals surface area (Å²) in [6.45, 7) is 7.69. The second kappa shape index (κ2) is 7.72. The quantitative estimate of drug-likeness (QED) is 0.512. The highest BCUT2D eigenvalue weighted by atomic mass is 16.2. The number of barbiturate groups is 1. The third kappa shape index (κ3) is 3.68. The Hall–Kier alpha value is -3.93. The Kier molecular flexibility index (Phi) is 5.07. The summed E-state index contributed by atoms with van der Waals surface area (Å²) >= 11 is 0. The maximum absolute atomic E-state index is 13.2. The number of hydrogen-bond donors (Lipinski definition) is 1.